The average Bonchev–Trinajstić information content (AvgIpc) is 2.64. The highest BCUT2D eigenvalue weighted by molar-refractivity contribution is 7.98. The fourth-order valence-corrected chi connectivity index (χ4v) is 3.65. The number of carbonyl (C=O) groups is 1. The van der Waals surface area contributed by atoms with Gasteiger partial charge in [0.15, 0.2) is 0 Å². The lowest BCUT2D eigenvalue weighted by Gasteiger charge is -2.33. The molecule has 9 heteroatoms. The van der Waals surface area contributed by atoms with Gasteiger partial charge in [0.05, 0.1) is 30.2 Å². The minimum absolute atomic E-state index is 0.0186. The van der Waals surface area contributed by atoms with Crippen LogP contribution in [-0.2, 0) is 15.3 Å². The number of benzene rings is 1. The number of nitro groups is 1. The van der Waals surface area contributed by atoms with Gasteiger partial charge in [-0.3, -0.25) is 19.8 Å². The summed E-state index contributed by atoms with van der Waals surface area (Å²) in [7, 11) is 0. The number of hydrogen-bond acceptors (Lipinski definition) is 7. The molecular formula is C16H20N4O4S. The molecule has 0 aromatic heterocycles. The topological polar surface area (TPSA) is 108 Å². The van der Waals surface area contributed by atoms with Gasteiger partial charge in [-0.15, -0.1) is 0 Å². The van der Waals surface area contributed by atoms with Gasteiger partial charge in [0.25, 0.3) is 5.69 Å². The van der Waals surface area contributed by atoms with Crippen molar-refractivity contribution in [1.29, 1.82) is 5.26 Å². The van der Waals surface area contributed by atoms with Gasteiger partial charge in [0, 0.05) is 36.7 Å². The van der Waals surface area contributed by atoms with Crippen LogP contribution in [0, 0.1) is 21.4 Å². The predicted molar refractivity (Wildman–Crippen MR) is 94.1 cm³/mol. The third kappa shape index (κ3) is 6.01. The molecule has 1 saturated heterocycles. The summed E-state index contributed by atoms with van der Waals surface area (Å²) in [6.45, 7) is 2.48. The number of nitrogens with one attached hydrogen (secondary N) is 1. The third-order valence-corrected chi connectivity index (χ3v) is 4.89. The maximum Gasteiger partial charge on any atom is 0.269 e. The maximum absolute atomic E-state index is 12.3. The van der Waals surface area contributed by atoms with Gasteiger partial charge in [0.2, 0.25) is 5.91 Å². The summed E-state index contributed by atoms with van der Waals surface area (Å²) in [6, 6.07) is 8.06. The van der Waals surface area contributed by atoms with Crippen LogP contribution in [0.25, 0.3) is 0 Å². The third-order valence-electron chi connectivity index (χ3n) is 3.80. The Morgan fingerprint density at radius 1 is 1.48 bits per heavy atom. The van der Waals surface area contributed by atoms with Gasteiger partial charge >= 0.3 is 0 Å². The van der Waals surface area contributed by atoms with E-state index in [0.29, 0.717) is 37.8 Å². The van der Waals surface area contributed by atoms with Crippen LogP contribution in [-0.4, -0.2) is 60.4 Å². The molecule has 1 aliphatic rings. The number of non-ortho nitro benzene ring substituents is 1. The van der Waals surface area contributed by atoms with Crippen molar-refractivity contribution >= 4 is 23.4 Å². The number of carbonyl (C=O) groups excluding carboxylic acids is 1. The first-order valence-electron chi connectivity index (χ1n) is 7.89. The number of rotatable bonds is 8. The molecule has 1 atom stereocenters. The van der Waals surface area contributed by atoms with Crippen LogP contribution in [0.1, 0.15) is 5.56 Å². The molecule has 1 aromatic rings. The van der Waals surface area contributed by atoms with E-state index in [-0.39, 0.29) is 24.2 Å². The summed E-state index contributed by atoms with van der Waals surface area (Å²) >= 11 is 1.54. The summed E-state index contributed by atoms with van der Waals surface area (Å²) in [4.78, 5) is 24.8. The Labute approximate surface area is 150 Å². The van der Waals surface area contributed by atoms with Gasteiger partial charge < -0.3 is 10.1 Å². The van der Waals surface area contributed by atoms with E-state index in [9.17, 15) is 14.9 Å². The summed E-state index contributed by atoms with van der Waals surface area (Å²) in [5.41, 5.74) is 0.909. The first-order valence-corrected chi connectivity index (χ1v) is 9.05. The Morgan fingerprint density at radius 3 is 2.92 bits per heavy atom. The Hall–Kier alpha value is -2.15. The van der Waals surface area contributed by atoms with Crippen LogP contribution in [0.3, 0.4) is 0 Å². The zero-order valence-corrected chi connectivity index (χ0v) is 14.5. The number of ether oxygens (including phenoxy) is 1. The molecule has 0 aliphatic carbocycles. The zero-order chi connectivity index (χ0) is 18.1. The maximum atomic E-state index is 12.3. The highest BCUT2D eigenvalue weighted by Gasteiger charge is 2.27. The largest absolute Gasteiger partial charge is 0.379 e. The number of nitrogens with zero attached hydrogens (tertiary/aromatic N) is 3. The van der Waals surface area contributed by atoms with Crippen LogP contribution in [0.4, 0.5) is 5.69 Å². The predicted octanol–water partition coefficient (Wildman–Crippen LogP) is 1.17. The fourth-order valence-electron chi connectivity index (χ4n) is 2.53. The van der Waals surface area contributed by atoms with Crippen molar-refractivity contribution in [3.05, 3.63) is 39.9 Å². The molecule has 0 saturated carbocycles. The second-order valence-electron chi connectivity index (χ2n) is 5.48. The standard InChI is InChI=1S/C16H20N4O4S/c17-4-5-18-16(21)15(19-6-8-24-9-7-19)12-25-11-13-2-1-3-14(10-13)20(22)23/h1-3,10,15H,5-9,11-12H2,(H,18,21)/t15-/m0/s1. The van der Waals surface area contributed by atoms with E-state index in [1.54, 1.807) is 23.9 Å². The lowest BCUT2D eigenvalue weighted by molar-refractivity contribution is -0.384. The minimum Gasteiger partial charge on any atom is -0.379 e. The molecular weight excluding hydrogens is 344 g/mol. The first-order chi connectivity index (χ1) is 12.1. The summed E-state index contributed by atoms with van der Waals surface area (Å²) in [5.74, 6) is 0.948. The lowest BCUT2D eigenvalue weighted by atomic mass is 10.2. The molecule has 1 aromatic carbocycles. The van der Waals surface area contributed by atoms with Gasteiger partial charge in [-0.2, -0.15) is 17.0 Å². The molecule has 1 heterocycles. The number of thioether (sulfide) groups is 1. The molecule has 1 N–H and O–H groups in total. The Bertz CT molecular complexity index is 643. The van der Waals surface area contributed by atoms with Gasteiger partial charge in [-0.1, -0.05) is 12.1 Å². The molecule has 0 spiro atoms. The van der Waals surface area contributed by atoms with E-state index >= 15 is 0 Å². The quantitative estimate of drug-likeness (QED) is 0.419. The van der Waals surface area contributed by atoms with Crippen LogP contribution in [0.2, 0.25) is 0 Å². The molecule has 1 amide bonds. The van der Waals surface area contributed by atoms with E-state index in [2.05, 4.69) is 10.2 Å². The smallest absolute Gasteiger partial charge is 0.269 e. The fraction of sp³-hybridized carbons (Fsp3) is 0.500. The van der Waals surface area contributed by atoms with Crippen LogP contribution in [0.15, 0.2) is 24.3 Å². The first kappa shape index (κ1) is 19.2. The van der Waals surface area contributed by atoms with E-state index in [1.807, 2.05) is 12.1 Å². The molecule has 25 heavy (non-hydrogen) atoms. The normalized spacial score (nSPS) is 16.0. The van der Waals surface area contributed by atoms with Crippen molar-refractivity contribution in [2.45, 2.75) is 11.8 Å². The average molecular weight is 364 g/mol. The van der Waals surface area contributed by atoms with Crippen LogP contribution < -0.4 is 5.32 Å². The Balaban J connectivity index is 1.94. The van der Waals surface area contributed by atoms with Crippen LogP contribution >= 0.6 is 11.8 Å². The molecule has 8 nitrogen and oxygen atoms in total. The molecule has 0 bridgehead atoms. The number of morpholine rings is 1. The van der Waals surface area contributed by atoms with E-state index < -0.39 is 4.92 Å². The number of nitriles is 1. The SMILES string of the molecule is N#CCNC(=O)[C@H](CSCc1cccc([N+](=O)[O-])c1)N1CCOCC1. The molecule has 0 unspecified atom stereocenters. The summed E-state index contributed by atoms with van der Waals surface area (Å²) in [6.07, 6.45) is 0. The van der Waals surface area contributed by atoms with E-state index in [0.717, 1.165) is 5.56 Å². The lowest BCUT2D eigenvalue weighted by Crippen LogP contribution is -2.52. The summed E-state index contributed by atoms with van der Waals surface area (Å²) in [5, 5.41) is 22.1. The number of hydrogen-bond donors (Lipinski definition) is 1. The van der Waals surface area contributed by atoms with Crippen molar-refractivity contribution in [1.82, 2.24) is 10.2 Å². The molecule has 1 fully saturated rings. The second-order valence-corrected chi connectivity index (χ2v) is 6.51. The molecule has 134 valence electrons. The number of amides is 1. The van der Waals surface area contributed by atoms with Crippen LogP contribution in [0.5, 0.6) is 0 Å². The number of nitro benzene ring substituents is 1. The zero-order valence-electron chi connectivity index (χ0n) is 13.7. The van der Waals surface area contributed by atoms with Crippen molar-refractivity contribution in [2.24, 2.45) is 0 Å². The molecule has 1 aliphatic heterocycles. The van der Waals surface area contributed by atoms with E-state index in [1.165, 1.54) is 6.07 Å². The van der Waals surface area contributed by atoms with Gasteiger partial charge in [0.1, 0.15) is 6.54 Å². The Kier molecular flexibility index (Phi) is 7.66. The van der Waals surface area contributed by atoms with Gasteiger partial charge in [-0.25, -0.2) is 0 Å². The Morgan fingerprint density at radius 2 is 2.24 bits per heavy atom. The van der Waals surface area contributed by atoms with Crippen molar-refractivity contribution in [2.75, 3.05) is 38.6 Å². The highest BCUT2D eigenvalue weighted by atomic mass is 32.2. The summed E-state index contributed by atoms with van der Waals surface area (Å²) < 4.78 is 5.32. The van der Waals surface area contributed by atoms with Crippen molar-refractivity contribution < 1.29 is 14.5 Å². The van der Waals surface area contributed by atoms with Gasteiger partial charge in [-0.05, 0) is 5.56 Å². The molecule has 0 radical (unpaired) electrons. The monoisotopic (exact) mass is 364 g/mol. The van der Waals surface area contributed by atoms with Crippen molar-refractivity contribution in [3.8, 4) is 6.07 Å². The highest BCUT2D eigenvalue weighted by Crippen LogP contribution is 2.20. The second kappa shape index (κ2) is 9.98. The van der Waals surface area contributed by atoms with E-state index in [4.69, 9.17) is 10.00 Å². The minimum atomic E-state index is -0.417. The van der Waals surface area contributed by atoms with Crippen molar-refractivity contribution in [3.63, 3.8) is 0 Å². The molecule has 2 rings (SSSR count).